The van der Waals surface area contributed by atoms with Gasteiger partial charge in [0.15, 0.2) is 17.5 Å². The van der Waals surface area contributed by atoms with Gasteiger partial charge in [-0.25, -0.2) is 15.0 Å². The third-order valence-electron chi connectivity index (χ3n) is 12.5. The van der Waals surface area contributed by atoms with Gasteiger partial charge in [-0.1, -0.05) is 125 Å². The molecule has 0 atom stereocenters. The maximum atomic E-state index is 6.58. The molecule has 2 aromatic heterocycles. The van der Waals surface area contributed by atoms with Crippen LogP contribution in [0.5, 0.6) is 0 Å². The molecule has 0 fully saturated rings. The lowest BCUT2D eigenvalue weighted by Crippen LogP contribution is -2.52. The Morgan fingerprint density at radius 1 is 0.357 bits per heavy atom. The van der Waals surface area contributed by atoms with E-state index in [9.17, 15) is 0 Å². The van der Waals surface area contributed by atoms with Gasteiger partial charge in [0.2, 0.25) is 0 Å². The molecule has 0 saturated carbocycles. The average molecular weight is 708 g/mol. The Bertz CT molecular complexity index is 3280. The fourth-order valence-electron chi connectivity index (χ4n) is 9.01. The van der Waals surface area contributed by atoms with Gasteiger partial charge in [0, 0.05) is 27.5 Å². The molecule has 2 heterocycles. The SMILES string of the molecule is Bc1c(B)c(B)c2c(-c3nc(-c4ccccc4)nc(-c4c(-c5cccc6oc7cc8ccccc8cc7c56)ccc5ccccc45)n3)c(B)c(B)c(B)c2c1B. The van der Waals surface area contributed by atoms with Gasteiger partial charge in [0.1, 0.15) is 66.1 Å². The molecule has 10 aromatic rings. The highest BCUT2D eigenvalue weighted by molar-refractivity contribution is 6.71. The Kier molecular flexibility index (Phi) is 7.93. The third kappa shape index (κ3) is 5.14. The van der Waals surface area contributed by atoms with Crippen LogP contribution >= 0.6 is 0 Å². The summed E-state index contributed by atoms with van der Waals surface area (Å²) in [5, 5.41) is 9.22. The third-order valence-corrected chi connectivity index (χ3v) is 12.5. The molecule has 10 rings (SSSR count). The van der Waals surface area contributed by atoms with Crippen LogP contribution < -0.4 is 38.2 Å². The Labute approximate surface area is 332 Å². The second-order valence-electron chi connectivity index (χ2n) is 15.4. The molecular formula is C45H34B7N3O. The molecule has 0 aliphatic heterocycles. The molecule has 0 saturated heterocycles. The second kappa shape index (κ2) is 12.9. The minimum Gasteiger partial charge on any atom is -0.456 e. The number of aromatic nitrogens is 3. The Hall–Kier alpha value is -6.20. The Morgan fingerprint density at radius 2 is 0.946 bits per heavy atom. The molecule has 0 aliphatic carbocycles. The molecule has 0 aliphatic rings. The summed E-state index contributed by atoms with van der Waals surface area (Å²) in [7, 11) is 15.7. The maximum absolute atomic E-state index is 6.58. The van der Waals surface area contributed by atoms with E-state index in [0.29, 0.717) is 17.5 Å². The normalized spacial score (nSPS) is 11.7. The molecule has 4 nitrogen and oxygen atoms in total. The number of fused-ring (bicyclic) bond motifs is 6. The fourth-order valence-corrected chi connectivity index (χ4v) is 9.01. The van der Waals surface area contributed by atoms with Crippen molar-refractivity contribution in [3.63, 3.8) is 0 Å². The van der Waals surface area contributed by atoms with Crippen LogP contribution in [0.15, 0.2) is 126 Å². The van der Waals surface area contributed by atoms with Crippen molar-refractivity contribution < 1.29 is 4.42 Å². The number of rotatable bonds is 4. The lowest BCUT2D eigenvalue weighted by Gasteiger charge is -2.24. The first-order valence-corrected chi connectivity index (χ1v) is 19.4. The fraction of sp³-hybridized carbons (Fsp3) is 0. The molecule has 8 aromatic carbocycles. The zero-order chi connectivity index (χ0) is 38.4. The van der Waals surface area contributed by atoms with Crippen molar-refractivity contribution in [2.75, 3.05) is 0 Å². The Morgan fingerprint density at radius 3 is 1.68 bits per heavy atom. The lowest BCUT2D eigenvalue weighted by molar-refractivity contribution is 0.669. The first-order valence-electron chi connectivity index (χ1n) is 19.4. The summed E-state index contributed by atoms with van der Waals surface area (Å²) in [6.07, 6.45) is 0. The van der Waals surface area contributed by atoms with Crippen LogP contribution in [0.2, 0.25) is 0 Å². The van der Waals surface area contributed by atoms with Gasteiger partial charge in [0.05, 0.1) is 0 Å². The van der Waals surface area contributed by atoms with Crippen molar-refractivity contribution in [3.05, 3.63) is 121 Å². The van der Waals surface area contributed by atoms with E-state index in [4.69, 9.17) is 19.4 Å². The standard InChI is InChI=1S/C45H34B7N3O/c46-36-33-34(38(48)42(52)41(36)51)37(47)40(50)39(49)35(33)45-54-43(22-10-2-1-3-11-22)53-44(55-45)32-25-14-7-6-9-21(25)17-18-27(32)26-15-8-16-29-31(26)28-19-23-12-4-5-13-24(23)20-30(28)56-29/h1-20H,46-52H2. The second-order valence-corrected chi connectivity index (χ2v) is 15.4. The van der Waals surface area contributed by atoms with Gasteiger partial charge in [-0.15, -0.1) is 16.4 Å². The van der Waals surface area contributed by atoms with Crippen LogP contribution in [0, 0.1) is 0 Å². The van der Waals surface area contributed by atoms with E-state index in [2.05, 4.69) is 158 Å². The Balaban J connectivity index is 1.34. The van der Waals surface area contributed by atoms with Crippen molar-refractivity contribution in [2.24, 2.45) is 0 Å². The van der Waals surface area contributed by atoms with Crippen LogP contribution in [-0.2, 0) is 0 Å². The van der Waals surface area contributed by atoms with Crippen molar-refractivity contribution in [1.82, 2.24) is 15.0 Å². The molecule has 56 heavy (non-hydrogen) atoms. The molecule has 0 amide bonds. The molecule has 11 heteroatoms. The van der Waals surface area contributed by atoms with Gasteiger partial charge < -0.3 is 4.42 Å². The highest BCUT2D eigenvalue weighted by Gasteiger charge is 2.25. The van der Waals surface area contributed by atoms with E-state index < -0.39 is 0 Å². The smallest absolute Gasteiger partial charge is 0.165 e. The van der Waals surface area contributed by atoms with Gasteiger partial charge in [-0.2, -0.15) is 0 Å². The summed E-state index contributed by atoms with van der Waals surface area (Å²) in [5.74, 6) is 1.97. The highest BCUT2D eigenvalue weighted by atomic mass is 16.3. The molecular weight excluding hydrogens is 674 g/mol. The van der Waals surface area contributed by atoms with Gasteiger partial charge in [-0.05, 0) is 61.6 Å². The van der Waals surface area contributed by atoms with Gasteiger partial charge >= 0.3 is 0 Å². The topological polar surface area (TPSA) is 51.8 Å². The number of benzene rings is 8. The first kappa shape index (κ1) is 34.3. The monoisotopic (exact) mass is 709 g/mol. The van der Waals surface area contributed by atoms with Crippen molar-refractivity contribution in [3.8, 4) is 45.3 Å². The summed E-state index contributed by atoms with van der Waals surface area (Å²) in [6.45, 7) is 0. The zero-order valence-corrected chi connectivity index (χ0v) is 32.8. The van der Waals surface area contributed by atoms with Gasteiger partial charge in [-0.3, -0.25) is 0 Å². The summed E-state index contributed by atoms with van der Waals surface area (Å²) in [4.78, 5) is 16.3. The number of furan rings is 1. The predicted molar refractivity (Wildman–Crippen MR) is 259 cm³/mol. The number of nitrogens with zero attached hydrogens (tertiary/aromatic N) is 3. The van der Waals surface area contributed by atoms with E-state index in [1.807, 2.05) is 18.2 Å². The summed E-state index contributed by atoms with van der Waals surface area (Å²) >= 11 is 0. The summed E-state index contributed by atoms with van der Waals surface area (Å²) < 4.78 is 6.58. The number of hydrogen-bond acceptors (Lipinski definition) is 4. The highest BCUT2D eigenvalue weighted by Crippen LogP contribution is 2.44. The van der Waals surface area contributed by atoms with Crippen LogP contribution in [0.1, 0.15) is 0 Å². The maximum Gasteiger partial charge on any atom is 0.165 e. The molecule has 0 unspecified atom stereocenters. The molecule has 0 spiro atoms. The van der Waals surface area contributed by atoms with Crippen LogP contribution in [0.4, 0.5) is 0 Å². The van der Waals surface area contributed by atoms with Crippen molar-refractivity contribution >= 4 is 147 Å². The molecule has 256 valence electrons. The van der Waals surface area contributed by atoms with E-state index in [-0.39, 0.29) is 0 Å². The number of hydrogen-bond donors (Lipinski definition) is 0. The molecule has 0 bridgehead atoms. The van der Waals surface area contributed by atoms with Crippen molar-refractivity contribution in [2.45, 2.75) is 0 Å². The molecule has 0 N–H and O–H groups in total. The van der Waals surface area contributed by atoms with E-state index in [1.54, 1.807) is 0 Å². The zero-order valence-electron chi connectivity index (χ0n) is 32.8. The van der Waals surface area contributed by atoms with Crippen molar-refractivity contribution in [1.29, 1.82) is 0 Å². The largest absolute Gasteiger partial charge is 0.456 e. The summed E-state index contributed by atoms with van der Waals surface area (Å²) in [5.41, 5.74) is 15.8. The minimum absolute atomic E-state index is 0.639. The van der Waals surface area contributed by atoms with Crippen LogP contribution in [0.3, 0.4) is 0 Å². The van der Waals surface area contributed by atoms with Crippen LogP contribution in [-0.4, -0.2) is 69.9 Å². The average Bonchev–Trinajstić information content (AvgIpc) is 3.60. The first-order chi connectivity index (χ1) is 27.2. The van der Waals surface area contributed by atoms with Gasteiger partial charge in [0.25, 0.3) is 0 Å². The molecule has 0 radical (unpaired) electrons. The predicted octanol–water partition coefficient (Wildman–Crippen LogP) is -0.293. The van der Waals surface area contributed by atoms with E-state index >= 15 is 0 Å². The minimum atomic E-state index is 0.639. The summed E-state index contributed by atoms with van der Waals surface area (Å²) in [6, 6.07) is 42.6. The van der Waals surface area contributed by atoms with E-state index in [0.717, 1.165) is 65.9 Å². The lowest BCUT2D eigenvalue weighted by atomic mass is 9.59. The van der Waals surface area contributed by atoms with E-state index in [1.165, 1.54) is 54.4 Å². The van der Waals surface area contributed by atoms with Crippen LogP contribution in [0.25, 0.3) is 99.5 Å². The quantitative estimate of drug-likeness (QED) is 0.236.